The number of nitrogens with zero attached hydrogens (tertiary/aromatic N) is 1. The predicted molar refractivity (Wildman–Crippen MR) is 108 cm³/mol. The number of sulfonamides is 1. The normalized spacial score (nSPS) is 12.3. The van der Waals surface area contributed by atoms with Crippen LogP contribution in [0.1, 0.15) is 35.3 Å². The lowest BCUT2D eigenvalue weighted by Crippen LogP contribution is -2.45. The van der Waals surface area contributed by atoms with Gasteiger partial charge in [-0.25, -0.2) is 8.42 Å². The van der Waals surface area contributed by atoms with Crippen LogP contribution in [0.3, 0.4) is 0 Å². The van der Waals surface area contributed by atoms with E-state index in [2.05, 4.69) is 5.32 Å². The smallest absolute Gasteiger partial charge is 0.247 e. The summed E-state index contributed by atoms with van der Waals surface area (Å²) in [6.45, 7) is 6.71. The maximum atomic E-state index is 12.7. The van der Waals surface area contributed by atoms with Crippen LogP contribution >= 0.6 is 0 Å². The fraction of sp³-hybridized carbons (Fsp3) is 0.300. The van der Waals surface area contributed by atoms with Gasteiger partial charge in [0.1, 0.15) is 6.04 Å². The molecule has 2 rings (SSSR count). The van der Waals surface area contributed by atoms with Gasteiger partial charge in [-0.3, -0.25) is 13.9 Å². The fourth-order valence-corrected chi connectivity index (χ4v) is 4.11. The number of carbonyl (C=O) groups excluding carboxylic acids is 2. The monoisotopic (exact) mass is 388 g/mol. The SMILES string of the molecule is CC(=O)c1cccc(NC(=O)[C@H](C)N(c2cc(C)cc(C)c2)S(C)(=O)=O)c1. The van der Waals surface area contributed by atoms with Crippen LogP contribution in [0.4, 0.5) is 11.4 Å². The van der Waals surface area contributed by atoms with Gasteiger partial charge in [0, 0.05) is 11.3 Å². The van der Waals surface area contributed by atoms with Gasteiger partial charge < -0.3 is 5.32 Å². The minimum absolute atomic E-state index is 0.118. The average Bonchev–Trinajstić information content (AvgIpc) is 2.52. The van der Waals surface area contributed by atoms with Gasteiger partial charge >= 0.3 is 0 Å². The zero-order valence-corrected chi connectivity index (χ0v) is 16.9. The summed E-state index contributed by atoms with van der Waals surface area (Å²) >= 11 is 0. The van der Waals surface area contributed by atoms with Gasteiger partial charge in [0.05, 0.1) is 11.9 Å². The van der Waals surface area contributed by atoms with Crippen LogP contribution in [-0.4, -0.2) is 32.4 Å². The van der Waals surface area contributed by atoms with Gasteiger partial charge in [0.25, 0.3) is 0 Å². The maximum Gasteiger partial charge on any atom is 0.247 e. The molecular formula is C20H24N2O4S. The number of anilines is 2. The lowest BCUT2D eigenvalue weighted by atomic mass is 10.1. The molecule has 27 heavy (non-hydrogen) atoms. The molecule has 0 unspecified atom stereocenters. The quantitative estimate of drug-likeness (QED) is 0.770. The van der Waals surface area contributed by atoms with Crippen LogP contribution in [0.25, 0.3) is 0 Å². The van der Waals surface area contributed by atoms with Crippen LogP contribution in [0.15, 0.2) is 42.5 Å². The Morgan fingerprint density at radius 3 is 2.15 bits per heavy atom. The Labute approximate surface area is 160 Å². The van der Waals surface area contributed by atoms with Crippen molar-refractivity contribution in [1.29, 1.82) is 0 Å². The van der Waals surface area contributed by atoms with E-state index in [1.807, 2.05) is 19.9 Å². The van der Waals surface area contributed by atoms with Crippen molar-refractivity contribution >= 4 is 33.1 Å². The van der Waals surface area contributed by atoms with Crippen LogP contribution in [0, 0.1) is 13.8 Å². The van der Waals surface area contributed by atoms with Gasteiger partial charge in [0.15, 0.2) is 5.78 Å². The second kappa shape index (κ2) is 7.92. The molecule has 0 spiro atoms. The lowest BCUT2D eigenvalue weighted by Gasteiger charge is -2.28. The number of aryl methyl sites for hydroxylation is 2. The largest absolute Gasteiger partial charge is 0.324 e. The van der Waals surface area contributed by atoms with E-state index in [0.29, 0.717) is 16.9 Å². The van der Waals surface area contributed by atoms with E-state index in [9.17, 15) is 18.0 Å². The minimum Gasteiger partial charge on any atom is -0.324 e. The highest BCUT2D eigenvalue weighted by molar-refractivity contribution is 7.92. The van der Waals surface area contributed by atoms with Crippen LogP contribution < -0.4 is 9.62 Å². The van der Waals surface area contributed by atoms with Crippen LogP contribution in [0.2, 0.25) is 0 Å². The summed E-state index contributed by atoms with van der Waals surface area (Å²) in [5.74, 6) is -0.604. The number of nitrogens with one attached hydrogen (secondary N) is 1. The Bertz CT molecular complexity index is 963. The number of ketones is 1. The second-order valence-electron chi connectivity index (χ2n) is 6.71. The minimum atomic E-state index is -3.69. The molecule has 0 aliphatic rings. The molecule has 0 bridgehead atoms. The van der Waals surface area contributed by atoms with Crippen molar-refractivity contribution in [3.63, 3.8) is 0 Å². The zero-order chi connectivity index (χ0) is 20.4. The van der Waals surface area contributed by atoms with Crippen LogP contribution in [-0.2, 0) is 14.8 Å². The first kappa shape index (κ1) is 20.6. The summed E-state index contributed by atoms with van der Waals surface area (Å²) < 4.78 is 25.9. The molecule has 1 amide bonds. The van der Waals surface area contributed by atoms with Crippen LogP contribution in [0.5, 0.6) is 0 Å². The van der Waals surface area contributed by atoms with Gasteiger partial charge in [0.2, 0.25) is 15.9 Å². The summed E-state index contributed by atoms with van der Waals surface area (Å²) in [4.78, 5) is 24.2. The van der Waals surface area contributed by atoms with Gasteiger partial charge in [-0.05, 0) is 63.1 Å². The molecule has 6 nitrogen and oxygen atoms in total. The first-order valence-electron chi connectivity index (χ1n) is 8.48. The van der Waals surface area contributed by atoms with Crippen molar-refractivity contribution in [2.75, 3.05) is 15.9 Å². The van der Waals surface area contributed by atoms with Crippen molar-refractivity contribution in [3.05, 3.63) is 59.2 Å². The second-order valence-corrected chi connectivity index (χ2v) is 8.57. The third-order valence-electron chi connectivity index (χ3n) is 4.09. The zero-order valence-electron chi connectivity index (χ0n) is 16.1. The van der Waals surface area contributed by atoms with Crippen molar-refractivity contribution in [2.24, 2.45) is 0 Å². The molecule has 1 N–H and O–H groups in total. The first-order valence-corrected chi connectivity index (χ1v) is 10.3. The Kier molecular flexibility index (Phi) is 6.05. The number of hydrogen-bond donors (Lipinski definition) is 1. The number of benzene rings is 2. The highest BCUT2D eigenvalue weighted by atomic mass is 32.2. The van der Waals surface area contributed by atoms with E-state index in [4.69, 9.17) is 0 Å². The predicted octanol–water partition coefficient (Wildman–Crippen LogP) is 3.30. The van der Waals surface area contributed by atoms with E-state index in [1.165, 1.54) is 13.8 Å². The fourth-order valence-electron chi connectivity index (χ4n) is 2.95. The number of rotatable bonds is 6. The molecular weight excluding hydrogens is 364 g/mol. The molecule has 0 radical (unpaired) electrons. The molecule has 0 saturated heterocycles. The summed E-state index contributed by atoms with van der Waals surface area (Å²) in [7, 11) is -3.69. The molecule has 0 heterocycles. The van der Waals surface area contributed by atoms with Crippen molar-refractivity contribution in [2.45, 2.75) is 33.7 Å². The maximum absolute atomic E-state index is 12.7. The number of amides is 1. The standard InChI is InChI=1S/C20H24N2O4S/c1-13-9-14(2)11-19(10-13)22(27(5,25)26)15(3)20(24)21-18-8-6-7-17(12-18)16(4)23/h6-12,15H,1-5H3,(H,21,24)/t15-/m0/s1. The average molecular weight is 388 g/mol. The molecule has 0 fully saturated rings. The van der Waals surface area contributed by atoms with Crippen molar-refractivity contribution in [1.82, 2.24) is 0 Å². The Morgan fingerprint density at radius 2 is 1.63 bits per heavy atom. The lowest BCUT2D eigenvalue weighted by molar-refractivity contribution is -0.116. The molecule has 144 valence electrons. The molecule has 0 aliphatic carbocycles. The first-order chi connectivity index (χ1) is 12.5. The molecule has 2 aromatic rings. The van der Waals surface area contributed by atoms with Crippen molar-refractivity contribution < 1.29 is 18.0 Å². The highest BCUT2D eigenvalue weighted by Gasteiger charge is 2.29. The topological polar surface area (TPSA) is 83.6 Å². The molecule has 0 aliphatic heterocycles. The number of Topliss-reactive ketones (excluding diaryl/α,β-unsaturated/α-hetero) is 1. The Morgan fingerprint density at radius 1 is 1.04 bits per heavy atom. The van der Waals surface area contributed by atoms with Gasteiger partial charge in [-0.1, -0.05) is 18.2 Å². The van der Waals surface area contributed by atoms with E-state index in [1.54, 1.807) is 36.4 Å². The third-order valence-corrected chi connectivity index (χ3v) is 5.33. The third kappa shape index (κ3) is 5.17. The number of hydrogen-bond acceptors (Lipinski definition) is 4. The van der Waals surface area contributed by atoms with Crippen molar-refractivity contribution in [3.8, 4) is 0 Å². The molecule has 2 aromatic carbocycles. The van der Waals surface area contributed by atoms with E-state index in [-0.39, 0.29) is 5.78 Å². The summed E-state index contributed by atoms with van der Waals surface area (Å²) in [5.41, 5.74) is 3.15. The Hall–Kier alpha value is -2.67. The van der Waals surface area contributed by atoms with E-state index in [0.717, 1.165) is 21.7 Å². The number of carbonyl (C=O) groups is 2. The summed E-state index contributed by atoms with van der Waals surface area (Å²) in [5, 5.41) is 2.69. The molecule has 7 heteroatoms. The van der Waals surface area contributed by atoms with E-state index < -0.39 is 22.0 Å². The molecule has 0 saturated carbocycles. The summed E-state index contributed by atoms with van der Waals surface area (Å²) in [6, 6.07) is 11.0. The summed E-state index contributed by atoms with van der Waals surface area (Å²) in [6.07, 6.45) is 1.07. The molecule has 0 aromatic heterocycles. The van der Waals surface area contributed by atoms with Gasteiger partial charge in [-0.2, -0.15) is 0 Å². The Balaban J connectivity index is 2.35. The van der Waals surface area contributed by atoms with E-state index >= 15 is 0 Å². The highest BCUT2D eigenvalue weighted by Crippen LogP contribution is 2.24. The van der Waals surface area contributed by atoms with Gasteiger partial charge in [-0.15, -0.1) is 0 Å². The molecule has 1 atom stereocenters.